The second-order valence-corrected chi connectivity index (χ2v) is 6.44. The number of aryl methyl sites for hydroxylation is 3. The Bertz CT molecular complexity index is 1010. The van der Waals surface area contributed by atoms with E-state index in [9.17, 15) is 9.59 Å². The summed E-state index contributed by atoms with van der Waals surface area (Å²) in [7, 11) is 0. The number of aromatic nitrogens is 4. The van der Waals surface area contributed by atoms with Gasteiger partial charge in [-0.3, -0.25) is 4.79 Å². The van der Waals surface area contributed by atoms with Gasteiger partial charge in [0.1, 0.15) is 0 Å². The number of ether oxygens (including phenoxy) is 1. The van der Waals surface area contributed by atoms with Gasteiger partial charge in [-0.2, -0.15) is 4.98 Å². The third-order valence-corrected chi connectivity index (χ3v) is 4.36. The third kappa shape index (κ3) is 4.11. The molecule has 2 heterocycles. The summed E-state index contributed by atoms with van der Waals surface area (Å²) in [6.07, 6.45) is 1.58. The van der Waals surface area contributed by atoms with Crippen molar-refractivity contribution in [2.75, 3.05) is 6.61 Å². The summed E-state index contributed by atoms with van der Waals surface area (Å²) in [5.41, 5.74) is 4.12. The van der Waals surface area contributed by atoms with Gasteiger partial charge in [0.05, 0.1) is 6.04 Å². The molecule has 8 heteroatoms. The quantitative estimate of drug-likeness (QED) is 0.693. The standard InChI is InChI=1S/C19H21N5O3/c1-11-5-6-15(9-12(11)2)14(4)21-16(25)10-27-18(26)17-22-19-20-8-7-13(3)24(19)23-17/h5-9,14H,10H2,1-4H3,(H,21,25). The smallest absolute Gasteiger partial charge is 0.378 e. The second-order valence-electron chi connectivity index (χ2n) is 6.44. The van der Waals surface area contributed by atoms with Crippen LogP contribution >= 0.6 is 0 Å². The number of fused-ring (bicyclic) bond motifs is 1. The summed E-state index contributed by atoms with van der Waals surface area (Å²) in [6.45, 7) is 7.35. The molecule has 1 unspecified atom stereocenters. The topological polar surface area (TPSA) is 98.5 Å². The van der Waals surface area contributed by atoms with Gasteiger partial charge < -0.3 is 10.1 Å². The van der Waals surface area contributed by atoms with E-state index in [0.717, 1.165) is 16.8 Å². The van der Waals surface area contributed by atoms with Crippen LogP contribution < -0.4 is 5.32 Å². The highest BCUT2D eigenvalue weighted by molar-refractivity contribution is 5.88. The van der Waals surface area contributed by atoms with Crippen molar-refractivity contribution in [3.05, 3.63) is 58.7 Å². The minimum Gasteiger partial charge on any atom is -0.450 e. The molecule has 2 aromatic heterocycles. The number of carbonyl (C=O) groups is 2. The molecule has 140 valence electrons. The molecule has 0 fully saturated rings. The zero-order valence-electron chi connectivity index (χ0n) is 15.7. The van der Waals surface area contributed by atoms with Gasteiger partial charge in [-0.1, -0.05) is 18.2 Å². The van der Waals surface area contributed by atoms with Crippen molar-refractivity contribution in [2.45, 2.75) is 33.7 Å². The molecule has 8 nitrogen and oxygen atoms in total. The molecular weight excluding hydrogens is 346 g/mol. The first-order chi connectivity index (χ1) is 12.8. The zero-order chi connectivity index (χ0) is 19.6. The normalized spacial score (nSPS) is 12.0. The van der Waals surface area contributed by atoms with Gasteiger partial charge in [0.25, 0.3) is 17.5 Å². The monoisotopic (exact) mass is 367 g/mol. The van der Waals surface area contributed by atoms with Gasteiger partial charge in [0, 0.05) is 11.9 Å². The molecular formula is C19H21N5O3. The van der Waals surface area contributed by atoms with Crippen molar-refractivity contribution in [1.29, 1.82) is 0 Å². The number of rotatable bonds is 5. The highest BCUT2D eigenvalue weighted by atomic mass is 16.5. The van der Waals surface area contributed by atoms with Gasteiger partial charge in [0.15, 0.2) is 6.61 Å². The Morgan fingerprint density at radius 2 is 1.96 bits per heavy atom. The first-order valence-electron chi connectivity index (χ1n) is 8.57. The Morgan fingerprint density at radius 3 is 2.67 bits per heavy atom. The van der Waals surface area contributed by atoms with E-state index in [1.165, 1.54) is 10.1 Å². The fourth-order valence-corrected chi connectivity index (χ4v) is 2.59. The summed E-state index contributed by atoms with van der Waals surface area (Å²) in [6, 6.07) is 7.56. The summed E-state index contributed by atoms with van der Waals surface area (Å²) in [5.74, 6) is -0.998. The van der Waals surface area contributed by atoms with E-state index in [2.05, 4.69) is 20.4 Å². The van der Waals surface area contributed by atoms with E-state index in [1.54, 1.807) is 12.3 Å². The van der Waals surface area contributed by atoms with Crippen molar-refractivity contribution in [2.24, 2.45) is 0 Å². The van der Waals surface area contributed by atoms with Crippen LogP contribution in [0.5, 0.6) is 0 Å². The van der Waals surface area contributed by atoms with Crippen molar-refractivity contribution in [1.82, 2.24) is 24.9 Å². The lowest BCUT2D eigenvalue weighted by molar-refractivity contribution is -0.124. The Hall–Kier alpha value is -3.29. The highest BCUT2D eigenvalue weighted by Gasteiger charge is 2.18. The van der Waals surface area contributed by atoms with Crippen LogP contribution in [-0.2, 0) is 9.53 Å². The Balaban J connectivity index is 1.58. The first kappa shape index (κ1) is 18.5. The lowest BCUT2D eigenvalue weighted by Crippen LogP contribution is -2.31. The number of nitrogens with zero attached hydrogens (tertiary/aromatic N) is 4. The predicted molar refractivity (Wildman–Crippen MR) is 98.3 cm³/mol. The zero-order valence-corrected chi connectivity index (χ0v) is 15.7. The lowest BCUT2D eigenvalue weighted by atomic mass is 10.0. The molecule has 0 aliphatic heterocycles. The number of amides is 1. The molecule has 0 aliphatic carbocycles. The number of hydrogen-bond donors (Lipinski definition) is 1. The molecule has 0 bridgehead atoms. The van der Waals surface area contributed by atoms with Crippen LogP contribution in [0.2, 0.25) is 0 Å². The molecule has 1 N–H and O–H groups in total. The Labute approximate surface area is 156 Å². The van der Waals surface area contributed by atoms with Gasteiger partial charge in [-0.05, 0) is 50.5 Å². The van der Waals surface area contributed by atoms with Crippen LogP contribution in [0.25, 0.3) is 5.78 Å². The molecule has 0 spiro atoms. The summed E-state index contributed by atoms with van der Waals surface area (Å²) in [4.78, 5) is 32.2. The van der Waals surface area contributed by atoms with Gasteiger partial charge >= 0.3 is 5.97 Å². The SMILES string of the molecule is Cc1ccc(C(C)NC(=O)COC(=O)c2nc3nccc(C)n3n2)cc1C. The number of benzene rings is 1. The van der Waals surface area contributed by atoms with E-state index in [-0.39, 0.29) is 11.9 Å². The van der Waals surface area contributed by atoms with Gasteiger partial charge in [-0.15, -0.1) is 5.10 Å². The van der Waals surface area contributed by atoms with Gasteiger partial charge in [-0.25, -0.2) is 14.3 Å². The maximum Gasteiger partial charge on any atom is 0.378 e. The predicted octanol–water partition coefficient (Wildman–Crippen LogP) is 2.08. The maximum atomic E-state index is 12.1. The molecule has 0 radical (unpaired) electrons. The fraction of sp³-hybridized carbons (Fsp3) is 0.316. The molecule has 1 aromatic carbocycles. The maximum absolute atomic E-state index is 12.1. The second kappa shape index (κ2) is 7.53. The molecule has 27 heavy (non-hydrogen) atoms. The number of nitrogens with one attached hydrogen (secondary N) is 1. The average Bonchev–Trinajstić information content (AvgIpc) is 3.07. The van der Waals surface area contributed by atoms with E-state index >= 15 is 0 Å². The highest BCUT2D eigenvalue weighted by Crippen LogP contribution is 2.16. The molecule has 1 amide bonds. The van der Waals surface area contributed by atoms with Crippen LogP contribution in [0.15, 0.2) is 30.5 Å². The minimum absolute atomic E-state index is 0.133. The van der Waals surface area contributed by atoms with E-state index in [0.29, 0.717) is 5.78 Å². The Kier molecular flexibility index (Phi) is 5.16. The molecule has 3 rings (SSSR count). The van der Waals surface area contributed by atoms with Crippen LogP contribution in [0.4, 0.5) is 0 Å². The molecule has 1 atom stereocenters. The lowest BCUT2D eigenvalue weighted by Gasteiger charge is -2.15. The number of esters is 1. The molecule has 0 saturated heterocycles. The number of hydrogen-bond acceptors (Lipinski definition) is 6. The third-order valence-electron chi connectivity index (χ3n) is 4.36. The van der Waals surface area contributed by atoms with Crippen molar-refractivity contribution < 1.29 is 14.3 Å². The van der Waals surface area contributed by atoms with E-state index in [4.69, 9.17) is 4.74 Å². The average molecular weight is 367 g/mol. The largest absolute Gasteiger partial charge is 0.450 e. The Morgan fingerprint density at radius 1 is 1.19 bits per heavy atom. The molecule has 3 aromatic rings. The van der Waals surface area contributed by atoms with Crippen molar-refractivity contribution in [3.63, 3.8) is 0 Å². The van der Waals surface area contributed by atoms with Crippen molar-refractivity contribution in [3.8, 4) is 0 Å². The minimum atomic E-state index is -0.770. The summed E-state index contributed by atoms with van der Waals surface area (Å²) < 4.78 is 6.46. The van der Waals surface area contributed by atoms with Gasteiger partial charge in [0.2, 0.25) is 0 Å². The van der Waals surface area contributed by atoms with Crippen LogP contribution in [-0.4, -0.2) is 38.1 Å². The van der Waals surface area contributed by atoms with E-state index < -0.39 is 18.5 Å². The molecule has 0 saturated carbocycles. The van der Waals surface area contributed by atoms with Crippen LogP contribution in [0.3, 0.4) is 0 Å². The summed E-state index contributed by atoms with van der Waals surface area (Å²) in [5, 5.41) is 6.86. The molecule has 0 aliphatic rings. The van der Waals surface area contributed by atoms with E-state index in [1.807, 2.05) is 45.9 Å². The summed E-state index contributed by atoms with van der Waals surface area (Å²) >= 11 is 0. The van der Waals surface area contributed by atoms with Crippen LogP contribution in [0, 0.1) is 20.8 Å². The first-order valence-corrected chi connectivity index (χ1v) is 8.57. The number of carbonyl (C=O) groups excluding carboxylic acids is 2. The van der Waals surface area contributed by atoms with Crippen LogP contribution in [0.1, 0.15) is 46.0 Å². The van der Waals surface area contributed by atoms with Crippen molar-refractivity contribution >= 4 is 17.7 Å². The fourth-order valence-electron chi connectivity index (χ4n) is 2.59.